The lowest BCUT2D eigenvalue weighted by Gasteiger charge is -2.02. The second-order valence-corrected chi connectivity index (χ2v) is 2.52. The van der Waals surface area contributed by atoms with E-state index in [-0.39, 0.29) is 24.0 Å². The van der Waals surface area contributed by atoms with E-state index in [2.05, 4.69) is 4.74 Å². The molecule has 0 aliphatic rings. The summed E-state index contributed by atoms with van der Waals surface area (Å²) in [5, 5.41) is 0. The van der Waals surface area contributed by atoms with Gasteiger partial charge >= 0.3 is 0 Å². The molecule has 0 atom stereocenters. The smallest absolute Gasteiger partial charge is 0.153 e. The molecule has 4 heteroatoms. The van der Waals surface area contributed by atoms with E-state index in [4.69, 9.17) is 0 Å². The average Bonchev–Trinajstić information content (AvgIpc) is 2.11. The van der Waals surface area contributed by atoms with Crippen molar-refractivity contribution in [3.8, 4) is 0 Å². The summed E-state index contributed by atoms with van der Waals surface area (Å²) >= 11 is 0. The van der Waals surface area contributed by atoms with Gasteiger partial charge in [0.15, 0.2) is 6.29 Å². The van der Waals surface area contributed by atoms with E-state index >= 15 is 0 Å². The molecule has 0 bridgehead atoms. The maximum Gasteiger partial charge on any atom is 0.153 e. The van der Waals surface area contributed by atoms with Gasteiger partial charge in [-0.1, -0.05) is 0 Å². The molecule has 1 aromatic carbocycles. The molecule has 0 heterocycles. The standard InChI is InChI=1S/C9H8F2O2/c1-13-5-7-3-8(10)6(4-12)2-9(7)11/h2-4H,5H2,1H3. The highest BCUT2D eigenvalue weighted by Crippen LogP contribution is 2.14. The molecule has 0 saturated carbocycles. The molecule has 0 aliphatic heterocycles. The molecule has 13 heavy (non-hydrogen) atoms. The van der Waals surface area contributed by atoms with Crippen molar-refractivity contribution in [3.63, 3.8) is 0 Å². The summed E-state index contributed by atoms with van der Waals surface area (Å²) in [4.78, 5) is 10.2. The van der Waals surface area contributed by atoms with Gasteiger partial charge in [0.1, 0.15) is 11.6 Å². The van der Waals surface area contributed by atoms with Gasteiger partial charge in [0.25, 0.3) is 0 Å². The van der Waals surface area contributed by atoms with Crippen LogP contribution in [-0.4, -0.2) is 13.4 Å². The number of aldehydes is 1. The van der Waals surface area contributed by atoms with Crippen LogP contribution < -0.4 is 0 Å². The van der Waals surface area contributed by atoms with Crippen LogP contribution in [0.15, 0.2) is 12.1 Å². The van der Waals surface area contributed by atoms with Crippen LogP contribution in [0.25, 0.3) is 0 Å². The van der Waals surface area contributed by atoms with Crippen LogP contribution in [-0.2, 0) is 11.3 Å². The molecule has 0 saturated heterocycles. The van der Waals surface area contributed by atoms with E-state index in [0.29, 0.717) is 0 Å². The van der Waals surface area contributed by atoms with E-state index in [1.54, 1.807) is 0 Å². The summed E-state index contributed by atoms with van der Waals surface area (Å²) in [7, 11) is 1.38. The zero-order valence-corrected chi connectivity index (χ0v) is 7.01. The van der Waals surface area contributed by atoms with Crippen molar-refractivity contribution in [2.45, 2.75) is 6.61 Å². The normalized spacial score (nSPS) is 10.1. The Balaban J connectivity index is 3.12. The third-order valence-corrected chi connectivity index (χ3v) is 1.59. The van der Waals surface area contributed by atoms with Crippen molar-refractivity contribution in [1.29, 1.82) is 0 Å². The minimum Gasteiger partial charge on any atom is -0.380 e. The molecule has 0 unspecified atom stereocenters. The molecule has 70 valence electrons. The Morgan fingerprint density at radius 1 is 1.38 bits per heavy atom. The van der Waals surface area contributed by atoms with Crippen molar-refractivity contribution >= 4 is 6.29 Å². The monoisotopic (exact) mass is 186 g/mol. The molecule has 1 rings (SSSR count). The molecule has 0 fully saturated rings. The van der Waals surface area contributed by atoms with Crippen LogP contribution in [0.4, 0.5) is 8.78 Å². The fourth-order valence-electron chi connectivity index (χ4n) is 0.960. The number of halogens is 2. The SMILES string of the molecule is COCc1cc(F)c(C=O)cc1F. The number of methoxy groups -OCH3 is 1. The predicted molar refractivity (Wildman–Crippen MR) is 42.5 cm³/mol. The van der Waals surface area contributed by atoms with E-state index < -0.39 is 11.6 Å². The van der Waals surface area contributed by atoms with Crippen LogP contribution in [0, 0.1) is 11.6 Å². The second-order valence-electron chi connectivity index (χ2n) is 2.52. The Morgan fingerprint density at radius 3 is 2.62 bits per heavy atom. The van der Waals surface area contributed by atoms with E-state index in [1.165, 1.54) is 7.11 Å². The average molecular weight is 186 g/mol. The van der Waals surface area contributed by atoms with E-state index in [1.807, 2.05) is 0 Å². The largest absolute Gasteiger partial charge is 0.380 e. The zero-order chi connectivity index (χ0) is 9.84. The minimum atomic E-state index is -0.733. The molecule has 0 radical (unpaired) electrons. The summed E-state index contributed by atoms with van der Waals surface area (Å²) < 4.78 is 30.5. The number of carbonyl (C=O) groups excluding carboxylic acids is 1. The van der Waals surface area contributed by atoms with Crippen LogP contribution in [0.5, 0.6) is 0 Å². The van der Waals surface area contributed by atoms with Crippen molar-refractivity contribution in [2.24, 2.45) is 0 Å². The topological polar surface area (TPSA) is 26.3 Å². The lowest BCUT2D eigenvalue weighted by molar-refractivity contribution is 0.111. The molecular weight excluding hydrogens is 178 g/mol. The second kappa shape index (κ2) is 4.09. The summed E-state index contributed by atoms with van der Waals surface area (Å²) in [5.41, 5.74) is -0.178. The van der Waals surface area contributed by atoms with Gasteiger partial charge in [-0.2, -0.15) is 0 Å². The molecule has 2 nitrogen and oxygen atoms in total. The van der Waals surface area contributed by atoms with Crippen molar-refractivity contribution < 1.29 is 18.3 Å². The molecule has 1 aromatic rings. The quantitative estimate of drug-likeness (QED) is 0.674. The van der Waals surface area contributed by atoms with Crippen molar-refractivity contribution in [2.75, 3.05) is 7.11 Å². The van der Waals surface area contributed by atoms with Crippen LogP contribution in [0.3, 0.4) is 0 Å². The van der Waals surface area contributed by atoms with Gasteiger partial charge in [0, 0.05) is 12.7 Å². The minimum absolute atomic E-state index is 0.0120. The first kappa shape index (κ1) is 9.80. The molecule has 0 spiro atoms. The first-order chi connectivity index (χ1) is 6.19. The Hall–Kier alpha value is -1.29. The summed E-state index contributed by atoms with van der Waals surface area (Å²) in [6.45, 7) is -0.0120. The number of benzene rings is 1. The number of ether oxygens (including phenoxy) is 1. The van der Waals surface area contributed by atoms with Gasteiger partial charge in [-0.05, 0) is 12.1 Å². The first-order valence-electron chi connectivity index (χ1n) is 3.61. The van der Waals surface area contributed by atoms with E-state index in [9.17, 15) is 13.6 Å². The number of hydrogen-bond acceptors (Lipinski definition) is 2. The first-order valence-corrected chi connectivity index (χ1v) is 3.61. The van der Waals surface area contributed by atoms with Crippen LogP contribution in [0.2, 0.25) is 0 Å². The number of rotatable bonds is 3. The maximum atomic E-state index is 13.0. The van der Waals surface area contributed by atoms with Crippen LogP contribution in [0.1, 0.15) is 15.9 Å². The van der Waals surface area contributed by atoms with Crippen LogP contribution >= 0.6 is 0 Å². The van der Waals surface area contributed by atoms with Gasteiger partial charge < -0.3 is 4.74 Å². The summed E-state index contributed by atoms with van der Waals surface area (Å²) in [6, 6.07) is 1.82. The molecule has 0 aromatic heterocycles. The van der Waals surface area contributed by atoms with Crippen molar-refractivity contribution in [1.82, 2.24) is 0 Å². The fourth-order valence-corrected chi connectivity index (χ4v) is 0.960. The molecule has 0 N–H and O–H groups in total. The zero-order valence-electron chi connectivity index (χ0n) is 7.01. The molecule has 0 amide bonds. The van der Waals surface area contributed by atoms with Crippen molar-refractivity contribution in [3.05, 3.63) is 34.9 Å². The number of carbonyl (C=O) groups is 1. The van der Waals surface area contributed by atoms with Gasteiger partial charge in [0.05, 0.1) is 12.2 Å². The highest BCUT2D eigenvalue weighted by Gasteiger charge is 2.08. The summed E-state index contributed by atoms with van der Waals surface area (Å²) in [5.74, 6) is -1.37. The lowest BCUT2D eigenvalue weighted by atomic mass is 10.1. The van der Waals surface area contributed by atoms with Gasteiger partial charge in [-0.15, -0.1) is 0 Å². The Morgan fingerprint density at radius 2 is 2.08 bits per heavy atom. The third-order valence-electron chi connectivity index (χ3n) is 1.59. The summed E-state index contributed by atoms with van der Waals surface area (Å²) in [6.07, 6.45) is 0.273. The van der Waals surface area contributed by atoms with Gasteiger partial charge in [-0.25, -0.2) is 8.78 Å². The maximum absolute atomic E-state index is 13.0. The van der Waals surface area contributed by atoms with Gasteiger partial charge in [-0.3, -0.25) is 4.79 Å². The highest BCUT2D eigenvalue weighted by atomic mass is 19.1. The Bertz CT molecular complexity index is 324. The lowest BCUT2D eigenvalue weighted by Crippen LogP contribution is -1.97. The highest BCUT2D eigenvalue weighted by molar-refractivity contribution is 5.75. The number of hydrogen-bond donors (Lipinski definition) is 0. The Kier molecular flexibility index (Phi) is 3.08. The molecule has 0 aliphatic carbocycles. The van der Waals surface area contributed by atoms with E-state index in [0.717, 1.165) is 12.1 Å². The molecular formula is C9H8F2O2. The fraction of sp³-hybridized carbons (Fsp3) is 0.222. The third kappa shape index (κ3) is 2.09. The predicted octanol–water partition coefficient (Wildman–Crippen LogP) is 1.92. The Labute approximate surface area is 74.1 Å². The van der Waals surface area contributed by atoms with Gasteiger partial charge in [0.2, 0.25) is 0 Å².